The van der Waals surface area contributed by atoms with Gasteiger partial charge in [0.15, 0.2) is 0 Å². The van der Waals surface area contributed by atoms with Gasteiger partial charge in [-0.1, -0.05) is 22.9 Å². The number of aromatic nitrogens is 2. The average molecular weight is 258 g/mol. The lowest BCUT2D eigenvalue weighted by molar-refractivity contribution is 0.307. The van der Waals surface area contributed by atoms with Crippen molar-refractivity contribution in [1.82, 2.24) is 14.7 Å². The van der Waals surface area contributed by atoms with E-state index >= 15 is 0 Å². The van der Waals surface area contributed by atoms with E-state index in [0.29, 0.717) is 4.83 Å². The molecule has 0 saturated carbocycles. The van der Waals surface area contributed by atoms with Gasteiger partial charge in [0.1, 0.15) is 0 Å². The zero-order valence-corrected chi connectivity index (χ0v) is 10.0. The van der Waals surface area contributed by atoms with E-state index in [2.05, 4.69) is 32.9 Å². The van der Waals surface area contributed by atoms with Crippen molar-refractivity contribution in [1.29, 1.82) is 0 Å². The van der Waals surface area contributed by atoms with Crippen LogP contribution in [-0.4, -0.2) is 39.1 Å². The van der Waals surface area contributed by atoms with Gasteiger partial charge in [-0.2, -0.15) is 5.10 Å². The van der Waals surface area contributed by atoms with Gasteiger partial charge in [-0.05, 0) is 12.0 Å². The van der Waals surface area contributed by atoms with E-state index in [1.54, 1.807) is 0 Å². The number of hydrogen-bond donors (Lipinski definition) is 0. The summed E-state index contributed by atoms with van der Waals surface area (Å²) in [5.74, 6) is 0.771. The lowest BCUT2D eigenvalue weighted by atomic mass is 10.2. The SMILES string of the molecule is CC1CN(CCn2cccn2)CC1Br. The van der Waals surface area contributed by atoms with Crippen molar-refractivity contribution >= 4 is 15.9 Å². The molecule has 0 amide bonds. The van der Waals surface area contributed by atoms with E-state index in [1.807, 2.05) is 23.1 Å². The van der Waals surface area contributed by atoms with Crippen molar-refractivity contribution in [2.75, 3.05) is 19.6 Å². The summed E-state index contributed by atoms with van der Waals surface area (Å²) in [5.41, 5.74) is 0. The van der Waals surface area contributed by atoms with E-state index in [1.165, 1.54) is 13.1 Å². The molecule has 1 aliphatic heterocycles. The van der Waals surface area contributed by atoms with Crippen LogP contribution in [-0.2, 0) is 6.54 Å². The Balaban J connectivity index is 1.77. The molecule has 1 saturated heterocycles. The summed E-state index contributed by atoms with van der Waals surface area (Å²) in [5, 5.41) is 4.19. The Morgan fingerprint density at radius 1 is 1.43 bits per heavy atom. The summed E-state index contributed by atoms with van der Waals surface area (Å²) < 4.78 is 1.99. The van der Waals surface area contributed by atoms with Crippen LogP contribution >= 0.6 is 15.9 Å². The molecule has 0 aromatic carbocycles. The van der Waals surface area contributed by atoms with Gasteiger partial charge in [0.25, 0.3) is 0 Å². The number of hydrogen-bond acceptors (Lipinski definition) is 2. The second-order valence-corrected chi connectivity index (χ2v) is 5.20. The van der Waals surface area contributed by atoms with Crippen LogP contribution in [0, 0.1) is 5.92 Å². The Bertz CT molecular complexity index is 263. The Hall–Kier alpha value is -0.350. The molecule has 2 unspecified atom stereocenters. The molecule has 0 spiro atoms. The lowest BCUT2D eigenvalue weighted by Gasteiger charge is -2.14. The minimum Gasteiger partial charge on any atom is -0.300 e. The molecule has 1 fully saturated rings. The zero-order chi connectivity index (χ0) is 9.97. The van der Waals surface area contributed by atoms with Crippen LogP contribution in [0.5, 0.6) is 0 Å². The third kappa shape index (κ3) is 2.36. The normalized spacial score (nSPS) is 28.4. The van der Waals surface area contributed by atoms with E-state index in [4.69, 9.17) is 0 Å². The standard InChI is InChI=1S/C10H16BrN3/c1-9-7-13(8-10(9)11)5-6-14-4-2-3-12-14/h2-4,9-10H,5-8H2,1H3. The smallest absolute Gasteiger partial charge is 0.0536 e. The molecule has 4 heteroatoms. The van der Waals surface area contributed by atoms with Gasteiger partial charge in [0, 0.05) is 36.9 Å². The summed E-state index contributed by atoms with van der Waals surface area (Å²) >= 11 is 3.70. The molecule has 78 valence electrons. The molecule has 0 aliphatic carbocycles. The van der Waals surface area contributed by atoms with Gasteiger partial charge in [-0.25, -0.2) is 0 Å². The zero-order valence-electron chi connectivity index (χ0n) is 8.43. The molecule has 1 aromatic heterocycles. The summed E-state index contributed by atoms with van der Waals surface area (Å²) in [6, 6.07) is 1.97. The molecule has 14 heavy (non-hydrogen) atoms. The third-order valence-corrected chi connectivity index (χ3v) is 3.99. The van der Waals surface area contributed by atoms with Crippen LogP contribution in [0.25, 0.3) is 0 Å². The maximum atomic E-state index is 4.19. The van der Waals surface area contributed by atoms with Gasteiger partial charge in [0.05, 0.1) is 6.54 Å². The Labute approximate surface area is 93.2 Å². The first kappa shape index (κ1) is 10.2. The van der Waals surface area contributed by atoms with Crippen LogP contribution in [0.3, 0.4) is 0 Å². The van der Waals surface area contributed by atoms with Crippen molar-refractivity contribution in [3.63, 3.8) is 0 Å². The molecule has 2 rings (SSSR count). The minimum atomic E-state index is 0.667. The van der Waals surface area contributed by atoms with E-state index in [-0.39, 0.29) is 0 Å². The van der Waals surface area contributed by atoms with E-state index in [0.717, 1.165) is 19.0 Å². The Morgan fingerprint density at radius 3 is 2.86 bits per heavy atom. The first-order valence-corrected chi connectivity index (χ1v) is 6.01. The Morgan fingerprint density at radius 2 is 2.29 bits per heavy atom. The molecule has 1 aromatic rings. The molecule has 1 aliphatic rings. The summed E-state index contributed by atoms with van der Waals surface area (Å²) in [6.45, 7) is 6.78. The van der Waals surface area contributed by atoms with Crippen LogP contribution in [0.15, 0.2) is 18.5 Å². The molecule has 2 atom stereocenters. The second kappa shape index (κ2) is 4.45. The fourth-order valence-corrected chi connectivity index (χ4v) is 2.46. The summed E-state index contributed by atoms with van der Waals surface area (Å²) in [7, 11) is 0. The average Bonchev–Trinajstić information content (AvgIpc) is 2.74. The van der Waals surface area contributed by atoms with Gasteiger partial charge in [-0.15, -0.1) is 0 Å². The quantitative estimate of drug-likeness (QED) is 0.768. The van der Waals surface area contributed by atoms with Crippen molar-refractivity contribution in [3.8, 4) is 0 Å². The van der Waals surface area contributed by atoms with Gasteiger partial charge in [-0.3, -0.25) is 4.68 Å². The van der Waals surface area contributed by atoms with Gasteiger partial charge >= 0.3 is 0 Å². The van der Waals surface area contributed by atoms with Crippen molar-refractivity contribution in [3.05, 3.63) is 18.5 Å². The predicted molar refractivity (Wildman–Crippen MR) is 60.5 cm³/mol. The maximum Gasteiger partial charge on any atom is 0.0536 e. The van der Waals surface area contributed by atoms with Crippen molar-refractivity contribution in [2.45, 2.75) is 18.3 Å². The number of nitrogens with zero attached hydrogens (tertiary/aromatic N) is 3. The Kier molecular flexibility index (Phi) is 3.23. The molecule has 2 heterocycles. The number of alkyl halides is 1. The number of likely N-dealkylation sites (tertiary alicyclic amines) is 1. The fourth-order valence-electron chi connectivity index (χ4n) is 1.88. The molecule has 0 bridgehead atoms. The summed E-state index contributed by atoms with van der Waals surface area (Å²) in [6.07, 6.45) is 3.85. The van der Waals surface area contributed by atoms with Gasteiger partial charge in [0.2, 0.25) is 0 Å². The number of rotatable bonds is 3. The minimum absolute atomic E-state index is 0.667. The van der Waals surface area contributed by atoms with E-state index in [9.17, 15) is 0 Å². The highest BCUT2D eigenvalue weighted by atomic mass is 79.9. The highest BCUT2D eigenvalue weighted by Crippen LogP contribution is 2.22. The van der Waals surface area contributed by atoms with Crippen LogP contribution in [0.1, 0.15) is 6.92 Å². The van der Waals surface area contributed by atoms with Gasteiger partial charge < -0.3 is 4.90 Å². The largest absolute Gasteiger partial charge is 0.300 e. The first-order valence-electron chi connectivity index (χ1n) is 5.09. The summed E-state index contributed by atoms with van der Waals surface area (Å²) in [4.78, 5) is 3.16. The van der Waals surface area contributed by atoms with Crippen molar-refractivity contribution in [2.24, 2.45) is 5.92 Å². The van der Waals surface area contributed by atoms with Crippen LogP contribution in [0.2, 0.25) is 0 Å². The molecular weight excluding hydrogens is 242 g/mol. The predicted octanol–water partition coefficient (Wildman–Crippen LogP) is 1.60. The molecule has 0 radical (unpaired) electrons. The monoisotopic (exact) mass is 257 g/mol. The topological polar surface area (TPSA) is 21.1 Å². The molecule has 0 N–H and O–H groups in total. The maximum absolute atomic E-state index is 4.19. The fraction of sp³-hybridized carbons (Fsp3) is 0.700. The first-order chi connectivity index (χ1) is 6.75. The highest BCUT2D eigenvalue weighted by molar-refractivity contribution is 9.09. The molecule has 3 nitrogen and oxygen atoms in total. The molecular formula is C10H16BrN3. The highest BCUT2D eigenvalue weighted by Gasteiger charge is 2.26. The second-order valence-electron chi connectivity index (χ2n) is 4.02. The third-order valence-electron chi connectivity index (χ3n) is 2.80. The van der Waals surface area contributed by atoms with Crippen molar-refractivity contribution < 1.29 is 0 Å². The van der Waals surface area contributed by atoms with Crippen LogP contribution < -0.4 is 0 Å². The lowest BCUT2D eigenvalue weighted by Crippen LogP contribution is -2.25. The van der Waals surface area contributed by atoms with E-state index < -0.39 is 0 Å². The van der Waals surface area contributed by atoms with Crippen LogP contribution in [0.4, 0.5) is 0 Å². The number of halogens is 1.